The normalized spacial score (nSPS) is 9.80. The van der Waals surface area contributed by atoms with E-state index in [1.165, 1.54) is 0 Å². The zero-order chi connectivity index (χ0) is 18.6. The minimum atomic E-state index is -0.933. The van der Waals surface area contributed by atoms with E-state index < -0.39 is 22.9 Å². The first-order valence-electron chi connectivity index (χ1n) is 6.82. The van der Waals surface area contributed by atoms with Gasteiger partial charge >= 0.3 is 0 Å². The quantitative estimate of drug-likeness (QED) is 0.531. The van der Waals surface area contributed by atoms with Crippen LogP contribution in [0, 0.1) is 33.8 Å². The molecule has 0 saturated carbocycles. The van der Waals surface area contributed by atoms with Crippen LogP contribution in [0.5, 0.6) is 0 Å². The predicted octanol–water partition coefficient (Wildman–Crippen LogP) is 2.24. The molecule has 25 heavy (non-hydrogen) atoms. The number of pyridine rings is 1. The second-order valence-electron chi connectivity index (χ2n) is 4.77. The fourth-order valence-electron chi connectivity index (χ4n) is 2.09. The minimum Gasteiger partial charge on any atom is -0.397 e. The summed E-state index contributed by atoms with van der Waals surface area (Å²) in [5.74, 6) is -1.87. The van der Waals surface area contributed by atoms with Crippen LogP contribution in [0.2, 0.25) is 0 Å². The van der Waals surface area contributed by atoms with E-state index in [2.05, 4.69) is 10.3 Å². The minimum absolute atomic E-state index is 0.113. The maximum absolute atomic E-state index is 13.9. The zero-order valence-electron chi connectivity index (χ0n) is 12.7. The summed E-state index contributed by atoms with van der Waals surface area (Å²) in [6, 6.07) is 4.95. The Kier molecular flexibility index (Phi) is 5.04. The molecule has 1 aromatic carbocycles. The lowest BCUT2D eigenvalue weighted by atomic mass is 10.0. The Labute approximate surface area is 140 Å². The van der Waals surface area contributed by atoms with Gasteiger partial charge in [-0.25, -0.2) is 8.78 Å². The molecule has 126 valence electrons. The number of para-hydroxylation sites is 1. The SMILES string of the molecule is N#Cc1c[nH]c(=O)c(C(N)=C(C=N)C=N)c1Nc1c(F)cccc1F. The lowest BCUT2D eigenvalue weighted by Crippen LogP contribution is -2.20. The van der Waals surface area contributed by atoms with Gasteiger partial charge in [0.15, 0.2) is 0 Å². The number of allylic oxidation sites excluding steroid dienone is 1. The Hall–Kier alpha value is -3.80. The van der Waals surface area contributed by atoms with Crippen LogP contribution < -0.4 is 16.6 Å². The van der Waals surface area contributed by atoms with Crippen LogP contribution in [0.15, 0.2) is 34.8 Å². The molecular weight excluding hydrogens is 330 g/mol. The number of hydrogen-bond donors (Lipinski definition) is 5. The van der Waals surface area contributed by atoms with Gasteiger partial charge in [-0.3, -0.25) is 4.79 Å². The largest absolute Gasteiger partial charge is 0.397 e. The number of nitrogens with one attached hydrogen (secondary N) is 4. The first-order chi connectivity index (χ1) is 11.9. The van der Waals surface area contributed by atoms with Gasteiger partial charge in [-0.15, -0.1) is 0 Å². The van der Waals surface area contributed by atoms with Crippen LogP contribution in [0.25, 0.3) is 5.70 Å². The second kappa shape index (κ2) is 7.18. The second-order valence-corrected chi connectivity index (χ2v) is 4.77. The number of nitrogens with zero attached hydrogens (tertiary/aromatic N) is 1. The van der Waals surface area contributed by atoms with Gasteiger partial charge in [0.2, 0.25) is 0 Å². The van der Waals surface area contributed by atoms with E-state index in [4.69, 9.17) is 16.6 Å². The maximum atomic E-state index is 13.9. The van der Waals surface area contributed by atoms with Crippen molar-refractivity contribution in [1.82, 2.24) is 4.98 Å². The summed E-state index contributed by atoms with van der Waals surface area (Å²) in [7, 11) is 0. The average molecular weight is 342 g/mol. The molecular formula is C16H12F2N6O. The zero-order valence-corrected chi connectivity index (χ0v) is 12.7. The number of H-pyrrole nitrogens is 1. The summed E-state index contributed by atoms with van der Waals surface area (Å²) in [5.41, 5.74) is 3.46. The highest BCUT2D eigenvalue weighted by Gasteiger charge is 2.19. The van der Waals surface area contributed by atoms with Gasteiger partial charge in [0.1, 0.15) is 23.4 Å². The summed E-state index contributed by atoms with van der Waals surface area (Å²) in [6.45, 7) is 0. The van der Waals surface area contributed by atoms with E-state index in [0.29, 0.717) is 0 Å². The molecule has 2 aromatic rings. The van der Waals surface area contributed by atoms with Crippen LogP contribution in [0.3, 0.4) is 0 Å². The summed E-state index contributed by atoms with van der Waals surface area (Å²) in [6.07, 6.45) is 2.55. The molecule has 7 nitrogen and oxygen atoms in total. The number of rotatable bonds is 5. The van der Waals surface area contributed by atoms with Crippen LogP contribution >= 0.6 is 0 Å². The number of aromatic amines is 1. The van der Waals surface area contributed by atoms with Crippen LogP contribution in [0.4, 0.5) is 20.2 Å². The molecule has 0 aliphatic carbocycles. The summed E-state index contributed by atoms with van der Waals surface area (Å²) >= 11 is 0. The van der Waals surface area contributed by atoms with Crippen LogP contribution in [-0.4, -0.2) is 17.4 Å². The number of nitriles is 1. The molecule has 0 unspecified atom stereocenters. The van der Waals surface area contributed by atoms with E-state index in [9.17, 15) is 18.8 Å². The van der Waals surface area contributed by atoms with Gasteiger partial charge in [-0.2, -0.15) is 5.26 Å². The molecule has 0 bridgehead atoms. The van der Waals surface area contributed by atoms with Gasteiger partial charge in [-0.1, -0.05) is 6.07 Å². The van der Waals surface area contributed by atoms with Gasteiger partial charge in [0, 0.05) is 24.2 Å². The van der Waals surface area contributed by atoms with Crippen molar-refractivity contribution < 1.29 is 8.78 Å². The van der Waals surface area contributed by atoms with Crippen molar-refractivity contribution in [2.24, 2.45) is 5.73 Å². The Morgan fingerprint density at radius 2 is 1.84 bits per heavy atom. The first kappa shape index (κ1) is 17.6. The van der Waals surface area contributed by atoms with Crippen LogP contribution in [0.1, 0.15) is 11.1 Å². The molecule has 1 heterocycles. The standard InChI is InChI=1S/C16H12F2N6O/c17-10-2-1-3-11(18)15(10)24-14-9(6-21)7-23-16(25)12(14)13(22)8(4-19)5-20/h1-5,7,19-20H,22H2,(H2,23,24,25). The summed E-state index contributed by atoms with van der Waals surface area (Å²) in [4.78, 5) is 14.5. The van der Waals surface area contributed by atoms with Crippen molar-refractivity contribution in [2.45, 2.75) is 0 Å². The number of benzene rings is 1. The van der Waals surface area contributed by atoms with E-state index in [1.807, 2.05) is 0 Å². The lowest BCUT2D eigenvalue weighted by Gasteiger charge is -2.15. The number of nitrogens with two attached hydrogens (primary N) is 1. The van der Waals surface area contributed by atoms with Crippen molar-refractivity contribution >= 4 is 29.5 Å². The van der Waals surface area contributed by atoms with E-state index in [-0.39, 0.29) is 28.1 Å². The van der Waals surface area contributed by atoms with E-state index >= 15 is 0 Å². The summed E-state index contributed by atoms with van der Waals surface area (Å²) in [5, 5.41) is 26.1. The Balaban J connectivity index is 2.81. The van der Waals surface area contributed by atoms with Gasteiger partial charge < -0.3 is 26.9 Å². The molecule has 6 N–H and O–H groups in total. The maximum Gasteiger partial charge on any atom is 0.259 e. The molecule has 0 radical (unpaired) electrons. The fraction of sp³-hybridized carbons (Fsp3) is 0. The Bertz CT molecular complexity index is 957. The van der Waals surface area contributed by atoms with E-state index in [1.54, 1.807) is 6.07 Å². The summed E-state index contributed by atoms with van der Waals surface area (Å²) < 4.78 is 27.8. The highest BCUT2D eigenvalue weighted by atomic mass is 19.1. The topological polar surface area (TPSA) is 142 Å². The van der Waals surface area contributed by atoms with Crippen LogP contribution in [-0.2, 0) is 0 Å². The van der Waals surface area contributed by atoms with Gasteiger partial charge in [0.25, 0.3) is 5.56 Å². The molecule has 0 atom stereocenters. The van der Waals surface area contributed by atoms with E-state index in [0.717, 1.165) is 36.8 Å². The fourth-order valence-corrected chi connectivity index (χ4v) is 2.09. The number of halogens is 2. The smallest absolute Gasteiger partial charge is 0.259 e. The molecule has 0 aliphatic rings. The Morgan fingerprint density at radius 3 is 2.36 bits per heavy atom. The first-order valence-corrected chi connectivity index (χ1v) is 6.82. The molecule has 1 aromatic heterocycles. The van der Waals surface area contributed by atoms with Crippen molar-refractivity contribution in [1.29, 1.82) is 16.1 Å². The van der Waals surface area contributed by atoms with Crippen molar-refractivity contribution in [3.05, 3.63) is 63.1 Å². The predicted molar refractivity (Wildman–Crippen MR) is 90.1 cm³/mol. The number of aromatic nitrogens is 1. The molecule has 0 aliphatic heterocycles. The monoisotopic (exact) mass is 342 g/mol. The van der Waals surface area contributed by atoms with Gasteiger partial charge in [-0.05, 0) is 12.1 Å². The molecule has 0 fully saturated rings. The molecule has 0 spiro atoms. The lowest BCUT2D eigenvalue weighted by molar-refractivity contribution is 0.591. The highest BCUT2D eigenvalue weighted by Crippen LogP contribution is 2.29. The number of anilines is 2. The Morgan fingerprint density at radius 1 is 1.24 bits per heavy atom. The molecule has 2 rings (SSSR count). The molecule has 9 heteroatoms. The van der Waals surface area contributed by atoms with Crippen molar-refractivity contribution in [3.8, 4) is 6.07 Å². The van der Waals surface area contributed by atoms with Crippen molar-refractivity contribution in [3.63, 3.8) is 0 Å². The average Bonchev–Trinajstić information content (AvgIpc) is 2.59. The highest BCUT2D eigenvalue weighted by molar-refractivity contribution is 6.10. The third kappa shape index (κ3) is 3.28. The van der Waals surface area contributed by atoms with Crippen molar-refractivity contribution in [2.75, 3.05) is 5.32 Å². The molecule has 0 amide bonds. The third-order valence-electron chi connectivity index (χ3n) is 3.32. The molecule has 0 saturated heterocycles. The van der Waals surface area contributed by atoms with Gasteiger partial charge in [0.05, 0.1) is 22.5 Å². The number of hydrogen-bond acceptors (Lipinski definition) is 6. The third-order valence-corrected chi connectivity index (χ3v) is 3.32.